The van der Waals surface area contributed by atoms with Gasteiger partial charge in [-0.05, 0) is 107 Å². The van der Waals surface area contributed by atoms with Crippen LogP contribution in [0, 0.1) is 12.3 Å². The predicted octanol–water partition coefficient (Wildman–Crippen LogP) is 14.1. The fraction of sp³-hybridized carbons (Fsp3) is 0.281. The van der Waals surface area contributed by atoms with Crippen molar-refractivity contribution in [3.8, 4) is 44.9 Å². The second kappa shape index (κ2) is 14.8. The normalized spacial score (nSPS) is 16.1. The zero-order valence-corrected chi connectivity index (χ0v) is 37.0. The summed E-state index contributed by atoms with van der Waals surface area (Å²) in [6.07, 6.45) is 7.49. The highest BCUT2D eigenvalue weighted by Gasteiger charge is 2.46. The zero-order valence-electron chi connectivity index (χ0n) is 37.0. The van der Waals surface area contributed by atoms with Crippen LogP contribution in [0.1, 0.15) is 112 Å². The van der Waals surface area contributed by atoms with Gasteiger partial charge in [-0.3, -0.25) is 0 Å². The molecule has 4 aromatic heterocycles. The van der Waals surface area contributed by atoms with Crippen LogP contribution in [0.2, 0.25) is 0 Å². The van der Waals surface area contributed by atoms with E-state index in [-0.39, 0.29) is 17.4 Å². The molecule has 0 saturated heterocycles. The fourth-order valence-electron chi connectivity index (χ4n) is 10.5. The number of benzene rings is 4. The lowest BCUT2D eigenvalue weighted by Crippen LogP contribution is -2.50. The third-order valence-electron chi connectivity index (χ3n) is 13.4. The Balaban J connectivity index is 1.20. The lowest BCUT2D eigenvalue weighted by atomic mass is 9.79. The van der Waals surface area contributed by atoms with Gasteiger partial charge in [0.25, 0.3) is 0 Å². The number of aromatic nitrogens is 3. The quantitative estimate of drug-likeness (QED) is 0.163. The van der Waals surface area contributed by atoms with E-state index in [4.69, 9.17) is 16.0 Å². The van der Waals surface area contributed by atoms with Gasteiger partial charge in [-0.15, -0.1) is 0 Å². The summed E-state index contributed by atoms with van der Waals surface area (Å²) in [4.78, 5) is 5.44. The molecule has 4 heteroatoms. The molecule has 0 amide bonds. The average Bonchev–Trinajstić information content (AvgIpc) is 3.64. The summed E-state index contributed by atoms with van der Waals surface area (Å²) < 4.78 is 12.1. The Kier molecular flexibility index (Phi) is 9.47. The maximum atomic E-state index is 7.16. The molecule has 10 rings (SSSR count). The zero-order chi connectivity index (χ0) is 42.3. The molecule has 4 aromatic carbocycles. The lowest BCUT2D eigenvalue weighted by molar-refractivity contribution is -0.720. The standard InChI is InChI=1S/C57H57N3O/c1-34(2)46-30-40(38-17-11-10-12-18-38)31-47(35(3)4)54(46)48-26-25-45-44-24-22-39-23-27-50-52(43-20-14-13-19-42(43)49-21-15-16-28-59(49)50)37(6)60-33-41(32-57(7,8)9)36(5)29-51(60)53(39)55(44)61-56(45)58-48/h10-22,24-26,28-31,33-35,50,52H,6,23,27,32H2,1-5,7-9H3/q+2. The van der Waals surface area contributed by atoms with Crippen molar-refractivity contribution in [1.29, 1.82) is 0 Å². The van der Waals surface area contributed by atoms with E-state index in [2.05, 4.69) is 192 Å². The molecule has 8 aromatic rings. The number of allylic oxidation sites excluding steroid dienone is 1. The molecule has 2 aliphatic heterocycles. The van der Waals surface area contributed by atoms with Crippen LogP contribution in [0.3, 0.4) is 0 Å². The summed E-state index contributed by atoms with van der Waals surface area (Å²) in [5, 5.41) is 2.13. The van der Waals surface area contributed by atoms with E-state index in [1.54, 1.807) is 0 Å². The highest BCUT2D eigenvalue weighted by atomic mass is 16.3. The van der Waals surface area contributed by atoms with Crippen LogP contribution in [0.4, 0.5) is 0 Å². The molecule has 0 saturated carbocycles. The molecule has 0 spiro atoms. The molecular weight excluding hydrogens is 743 g/mol. The van der Waals surface area contributed by atoms with Gasteiger partial charge in [0.1, 0.15) is 5.92 Å². The number of rotatable bonds is 5. The van der Waals surface area contributed by atoms with Gasteiger partial charge in [0, 0.05) is 46.5 Å². The number of aryl methyl sites for hydroxylation is 2. The van der Waals surface area contributed by atoms with Crippen molar-refractivity contribution in [1.82, 2.24) is 4.98 Å². The number of hydrogen-bond donors (Lipinski definition) is 0. The van der Waals surface area contributed by atoms with Crippen molar-refractivity contribution in [2.75, 3.05) is 0 Å². The van der Waals surface area contributed by atoms with Crippen LogP contribution in [0.15, 0.2) is 139 Å². The van der Waals surface area contributed by atoms with E-state index < -0.39 is 0 Å². The van der Waals surface area contributed by atoms with E-state index >= 15 is 0 Å². The molecule has 0 radical (unpaired) electrons. The second-order valence-electron chi connectivity index (χ2n) is 19.5. The highest BCUT2D eigenvalue weighted by molar-refractivity contribution is 6.09. The minimum atomic E-state index is 0.0772. The van der Waals surface area contributed by atoms with Gasteiger partial charge < -0.3 is 4.42 Å². The van der Waals surface area contributed by atoms with Gasteiger partial charge in [0.2, 0.25) is 17.1 Å². The van der Waals surface area contributed by atoms with Crippen LogP contribution >= 0.6 is 0 Å². The van der Waals surface area contributed by atoms with Crippen LogP contribution in [0.25, 0.3) is 72.7 Å². The average molecular weight is 800 g/mol. The highest BCUT2D eigenvalue weighted by Crippen LogP contribution is 2.47. The van der Waals surface area contributed by atoms with Gasteiger partial charge in [0.05, 0.1) is 16.8 Å². The van der Waals surface area contributed by atoms with Gasteiger partial charge in [-0.2, -0.15) is 9.13 Å². The minimum Gasteiger partial charge on any atom is -0.437 e. The Morgan fingerprint density at radius 2 is 1.46 bits per heavy atom. The molecule has 0 aliphatic carbocycles. The number of pyridine rings is 3. The number of nitrogens with zero attached hydrogens (tertiary/aromatic N) is 3. The summed E-state index contributed by atoms with van der Waals surface area (Å²) in [6, 6.07) is 42.8. The van der Waals surface area contributed by atoms with Crippen LogP contribution in [-0.2, 0) is 12.8 Å². The van der Waals surface area contributed by atoms with Crippen molar-refractivity contribution in [2.24, 2.45) is 5.41 Å². The summed E-state index contributed by atoms with van der Waals surface area (Å²) in [5.41, 5.74) is 20.1. The van der Waals surface area contributed by atoms with Gasteiger partial charge in [-0.25, -0.2) is 4.98 Å². The van der Waals surface area contributed by atoms with E-state index in [1.165, 1.54) is 61.3 Å². The van der Waals surface area contributed by atoms with E-state index in [0.29, 0.717) is 17.5 Å². The van der Waals surface area contributed by atoms with Gasteiger partial charge in [0.15, 0.2) is 29.7 Å². The van der Waals surface area contributed by atoms with Crippen molar-refractivity contribution in [3.05, 3.63) is 168 Å². The van der Waals surface area contributed by atoms with Crippen LogP contribution in [0.5, 0.6) is 0 Å². The Bertz CT molecular complexity index is 3000. The van der Waals surface area contributed by atoms with E-state index in [0.717, 1.165) is 58.3 Å². The Hall–Kier alpha value is -6.13. The first-order valence-corrected chi connectivity index (χ1v) is 22.3. The van der Waals surface area contributed by atoms with Crippen molar-refractivity contribution in [3.63, 3.8) is 0 Å². The predicted molar refractivity (Wildman–Crippen MR) is 252 cm³/mol. The molecule has 304 valence electrons. The molecule has 2 aliphatic rings. The van der Waals surface area contributed by atoms with Crippen LogP contribution < -0.4 is 9.13 Å². The monoisotopic (exact) mass is 799 g/mol. The Labute approximate surface area is 361 Å². The maximum Gasteiger partial charge on any atom is 0.227 e. The molecule has 4 nitrogen and oxygen atoms in total. The number of furan rings is 1. The smallest absolute Gasteiger partial charge is 0.227 e. The Morgan fingerprint density at radius 3 is 2.20 bits per heavy atom. The SMILES string of the molecule is C=C1C2c3ccccc3-c3cccc[n+]3C2CCc2ccc3c(oc4nc(-c5c(C(C)C)cc(-c6ccccc6)cc5C(C)C)ccc43)c2-c2cc(C)c(CC(C)(C)C)c[n+]21. The fourth-order valence-corrected chi connectivity index (χ4v) is 10.5. The molecule has 0 fully saturated rings. The summed E-state index contributed by atoms with van der Waals surface area (Å²) in [7, 11) is 0. The van der Waals surface area contributed by atoms with Crippen molar-refractivity contribution < 1.29 is 13.6 Å². The third-order valence-corrected chi connectivity index (χ3v) is 13.4. The van der Waals surface area contributed by atoms with Gasteiger partial charge >= 0.3 is 0 Å². The Morgan fingerprint density at radius 1 is 0.754 bits per heavy atom. The summed E-state index contributed by atoms with van der Waals surface area (Å²) in [6.45, 7) is 23.5. The molecular formula is C57H57N3O+2. The van der Waals surface area contributed by atoms with Gasteiger partial charge in [-0.1, -0.05) is 121 Å². The first-order chi connectivity index (χ1) is 29.4. The third kappa shape index (κ3) is 6.63. The van der Waals surface area contributed by atoms with Crippen molar-refractivity contribution >= 4 is 27.8 Å². The largest absolute Gasteiger partial charge is 0.437 e. The van der Waals surface area contributed by atoms with E-state index in [9.17, 15) is 0 Å². The van der Waals surface area contributed by atoms with Crippen molar-refractivity contribution in [2.45, 2.75) is 98.4 Å². The number of fused-ring (bicyclic) bond motifs is 13. The molecule has 2 atom stereocenters. The molecule has 0 bridgehead atoms. The van der Waals surface area contributed by atoms with E-state index in [1.807, 2.05) is 0 Å². The summed E-state index contributed by atoms with van der Waals surface area (Å²) >= 11 is 0. The van der Waals surface area contributed by atoms with Crippen LogP contribution in [-0.4, -0.2) is 4.98 Å². The summed E-state index contributed by atoms with van der Waals surface area (Å²) in [5.74, 6) is 0.692. The first kappa shape index (κ1) is 39.0. The second-order valence-corrected chi connectivity index (χ2v) is 19.5. The molecule has 2 unspecified atom stereocenters. The minimum absolute atomic E-state index is 0.0772. The molecule has 61 heavy (non-hydrogen) atoms. The maximum absolute atomic E-state index is 7.16. The lowest BCUT2D eigenvalue weighted by Gasteiger charge is -2.29. The number of hydrogen-bond acceptors (Lipinski definition) is 2. The topological polar surface area (TPSA) is 33.8 Å². The first-order valence-electron chi connectivity index (χ1n) is 22.3. The molecule has 0 N–H and O–H groups in total. The molecule has 6 heterocycles.